The molecule has 0 radical (unpaired) electrons. The summed E-state index contributed by atoms with van der Waals surface area (Å²) in [5.41, 5.74) is 0. The van der Waals surface area contributed by atoms with Crippen LogP contribution in [0.25, 0.3) is 0 Å². The maximum Gasteiger partial charge on any atom is 0.194 e. The molecule has 2 fully saturated rings. The molecule has 3 heteroatoms. The number of nitrogens with zero attached hydrogens (tertiary/aromatic N) is 2. The van der Waals surface area contributed by atoms with Crippen molar-refractivity contribution < 1.29 is 0 Å². The summed E-state index contributed by atoms with van der Waals surface area (Å²) < 4.78 is 0. The van der Waals surface area contributed by atoms with Crippen molar-refractivity contribution in [1.29, 1.82) is 0 Å². The number of hydrogen-bond donors (Lipinski definition) is 1. The molecule has 3 rings (SSSR count). The molecule has 0 spiro atoms. The van der Waals surface area contributed by atoms with Gasteiger partial charge in [0.1, 0.15) is 0 Å². The zero-order valence-corrected chi connectivity index (χ0v) is 10.5. The Morgan fingerprint density at radius 1 is 1.41 bits per heavy atom. The van der Waals surface area contributed by atoms with Gasteiger partial charge in [0.2, 0.25) is 0 Å². The maximum atomic E-state index is 5.35. The summed E-state index contributed by atoms with van der Waals surface area (Å²) in [4.78, 5) is 7.42. The Morgan fingerprint density at radius 2 is 2.18 bits per heavy atom. The second-order valence-electron chi connectivity index (χ2n) is 5.66. The third kappa shape index (κ3) is 1.90. The first-order valence-corrected chi connectivity index (χ1v) is 6.84. The van der Waals surface area contributed by atoms with E-state index in [4.69, 9.17) is 11.4 Å². The summed E-state index contributed by atoms with van der Waals surface area (Å²) in [5.74, 6) is 3.89. The average molecular weight is 231 g/mol. The van der Waals surface area contributed by atoms with Crippen LogP contribution in [0.15, 0.2) is 4.99 Å². The highest BCUT2D eigenvalue weighted by Gasteiger charge is 2.43. The van der Waals surface area contributed by atoms with Crippen molar-refractivity contribution in [1.82, 2.24) is 10.2 Å². The lowest BCUT2D eigenvalue weighted by Crippen LogP contribution is -2.59. The molecule has 17 heavy (non-hydrogen) atoms. The molecule has 0 aromatic rings. The topological polar surface area (TPSA) is 27.6 Å². The van der Waals surface area contributed by atoms with Crippen LogP contribution in [-0.2, 0) is 0 Å². The molecule has 3 heterocycles. The third-order valence-corrected chi connectivity index (χ3v) is 4.34. The average Bonchev–Trinajstić information content (AvgIpc) is 2.70. The summed E-state index contributed by atoms with van der Waals surface area (Å²) in [6, 6.07) is 2.47. The fourth-order valence-electron chi connectivity index (χ4n) is 3.61. The molecule has 3 aliphatic rings. The van der Waals surface area contributed by atoms with E-state index < -0.39 is 0 Å². The fourth-order valence-corrected chi connectivity index (χ4v) is 3.61. The van der Waals surface area contributed by atoms with Crippen LogP contribution in [0.3, 0.4) is 0 Å². The molecule has 0 aliphatic carbocycles. The SMILES string of the molecule is C#CCC[C@@H]1C[C@@H]2CC[C@@H]3C[C@H](C)NC(=N1)N32. The number of hydrogen-bond acceptors (Lipinski definition) is 3. The van der Waals surface area contributed by atoms with E-state index in [9.17, 15) is 0 Å². The molecule has 2 saturated heterocycles. The minimum absolute atomic E-state index is 0.443. The smallest absolute Gasteiger partial charge is 0.194 e. The Labute approximate surface area is 104 Å². The molecule has 1 N–H and O–H groups in total. The van der Waals surface area contributed by atoms with Gasteiger partial charge in [-0.1, -0.05) is 0 Å². The van der Waals surface area contributed by atoms with Gasteiger partial charge in [0, 0.05) is 24.5 Å². The van der Waals surface area contributed by atoms with Crippen molar-refractivity contribution in [3.05, 3.63) is 0 Å². The van der Waals surface area contributed by atoms with E-state index in [1.165, 1.54) is 25.7 Å². The molecule has 0 aromatic heterocycles. The van der Waals surface area contributed by atoms with Gasteiger partial charge in [0.15, 0.2) is 5.96 Å². The molecular weight excluding hydrogens is 210 g/mol. The number of nitrogens with one attached hydrogen (secondary N) is 1. The lowest BCUT2D eigenvalue weighted by atomic mass is 9.99. The summed E-state index contributed by atoms with van der Waals surface area (Å²) in [6.07, 6.45) is 12.4. The van der Waals surface area contributed by atoms with Gasteiger partial charge in [0.05, 0.1) is 6.04 Å². The number of rotatable bonds is 2. The first-order chi connectivity index (χ1) is 8.28. The van der Waals surface area contributed by atoms with Crippen LogP contribution in [0.1, 0.15) is 45.4 Å². The molecule has 0 unspecified atom stereocenters. The van der Waals surface area contributed by atoms with Crippen molar-refractivity contribution >= 4 is 5.96 Å². The van der Waals surface area contributed by atoms with Gasteiger partial charge >= 0.3 is 0 Å². The van der Waals surface area contributed by atoms with E-state index in [1.807, 2.05) is 0 Å². The molecule has 0 saturated carbocycles. The fraction of sp³-hybridized carbons (Fsp3) is 0.786. The summed E-state index contributed by atoms with van der Waals surface area (Å²) in [5, 5.41) is 3.55. The van der Waals surface area contributed by atoms with Gasteiger partial charge in [-0.2, -0.15) is 0 Å². The van der Waals surface area contributed by atoms with Crippen LogP contribution in [0, 0.1) is 12.3 Å². The molecule has 0 aromatic carbocycles. The largest absolute Gasteiger partial charge is 0.354 e. The normalized spacial score (nSPS) is 39.1. The highest BCUT2D eigenvalue weighted by Crippen LogP contribution is 2.36. The highest BCUT2D eigenvalue weighted by atomic mass is 15.4. The van der Waals surface area contributed by atoms with E-state index in [2.05, 4.69) is 23.1 Å². The van der Waals surface area contributed by atoms with E-state index in [-0.39, 0.29) is 0 Å². The molecular formula is C14H21N3. The van der Waals surface area contributed by atoms with Crippen LogP contribution < -0.4 is 5.32 Å². The molecule has 4 atom stereocenters. The first kappa shape index (κ1) is 11.0. The Kier molecular flexibility index (Phi) is 2.74. The monoisotopic (exact) mass is 231 g/mol. The van der Waals surface area contributed by atoms with Crippen LogP contribution in [-0.4, -0.2) is 35.0 Å². The first-order valence-electron chi connectivity index (χ1n) is 6.84. The predicted molar refractivity (Wildman–Crippen MR) is 69.8 cm³/mol. The Morgan fingerprint density at radius 3 is 2.94 bits per heavy atom. The number of terminal acetylenes is 1. The quantitative estimate of drug-likeness (QED) is 0.733. The van der Waals surface area contributed by atoms with Crippen LogP contribution in [0.4, 0.5) is 0 Å². The highest BCUT2D eigenvalue weighted by molar-refractivity contribution is 5.83. The van der Waals surface area contributed by atoms with Crippen molar-refractivity contribution in [3.63, 3.8) is 0 Å². The van der Waals surface area contributed by atoms with Gasteiger partial charge in [-0.3, -0.25) is 0 Å². The summed E-state index contributed by atoms with van der Waals surface area (Å²) in [6.45, 7) is 2.26. The van der Waals surface area contributed by atoms with Crippen LogP contribution in [0.5, 0.6) is 0 Å². The number of guanidine groups is 1. The zero-order chi connectivity index (χ0) is 11.8. The van der Waals surface area contributed by atoms with Gasteiger partial charge < -0.3 is 10.2 Å². The lowest BCUT2D eigenvalue weighted by molar-refractivity contribution is 0.210. The lowest BCUT2D eigenvalue weighted by Gasteiger charge is -2.44. The van der Waals surface area contributed by atoms with Gasteiger partial charge in [0.25, 0.3) is 0 Å². The standard InChI is InChI=1S/C14H21N3/c1-3-4-5-11-9-13-7-6-12-8-10(2)15-14(16-11)17(12)13/h1,10-13H,4-9H2,2H3,(H,15,16)/t10-,11+,12+,13-/m0/s1. The summed E-state index contributed by atoms with van der Waals surface area (Å²) >= 11 is 0. The summed E-state index contributed by atoms with van der Waals surface area (Å²) in [7, 11) is 0. The van der Waals surface area contributed by atoms with E-state index in [1.54, 1.807) is 0 Å². The molecule has 3 aliphatic heterocycles. The van der Waals surface area contributed by atoms with Gasteiger partial charge in [-0.25, -0.2) is 4.99 Å². The van der Waals surface area contributed by atoms with Gasteiger partial charge in [-0.15, -0.1) is 12.3 Å². The van der Waals surface area contributed by atoms with Crippen molar-refractivity contribution in [3.8, 4) is 12.3 Å². The molecule has 92 valence electrons. The van der Waals surface area contributed by atoms with Crippen LogP contribution >= 0.6 is 0 Å². The Hall–Kier alpha value is -1.17. The predicted octanol–water partition coefficient (Wildman–Crippen LogP) is 1.74. The van der Waals surface area contributed by atoms with E-state index in [0.717, 1.165) is 30.9 Å². The minimum Gasteiger partial charge on any atom is -0.354 e. The zero-order valence-electron chi connectivity index (χ0n) is 10.5. The second kappa shape index (κ2) is 4.25. The third-order valence-electron chi connectivity index (χ3n) is 4.34. The number of aliphatic imine (C=N–C) groups is 1. The van der Waals surface area contributed by atoms with E-state index >= 15 is 0 Å². The maximum absolute atomic E-state index is 5.35. The van der Waals surface area contributed by atoms with Crippen molar-refractivity contribution in [2.24, 2.45) is 4.99 Å². The van der Waals surface area contributed by atoms with Crippen molar-refractivity contribution in [2.75, 3.05) is 0 Å². The Balaban J connectivity index is 1.79. The van der Waals surface area contributed by atoms with Gasteiger partial charge in [-0.05, 0) is 39.0 Å². The van der Waals surface area contributed by atoms with E-state index in [0.29, 0.717) is 12.1 Å². The Bertz CT molecular complexity index is 368. The van der Waals surface area contributed by atoms with Crippen molar-refractivity contribution in [2.45, 2.75) is 69.6 Å². The minimum atomic E-state index is 0.443. The molecule has 0 amide bonds. The molecule has 0 bridgehead atoms. The second-order valence-corrected chi connectivity index (χ2v) is 5.66. The molecule has 3 nitrogen and oxygen atoms in total. The van der Waals surface area contributed by atoms with Crippen LogP contribution in [0.2, 0.25) is 0 Å².